The summed E-state index contributed by atoms with van der Waals surface area (Å²) in [5.41, 5.74) is 8.21. The van der Waals surface area contributed by atoms with E-state index in [4.69, 9.17) is 34.6 Å². The molecule has 2 atom stereocenters. The normalized spacial score (nSPS) is 19.5. The van der Waals surface area contributed by atoms with Crippen LogP contribution < -0.4 is 19.9 Å². The molecule has 0 aliphatic carbocycles. The number of nitrogens with two attached hydrogens (primary N) is 1. The Bertz CT molecular complexity index is 1260. The minimum absolute atomic E-state index is 0.140. The van der Waals surface area contributed by atoms with Crippen LogP contribution in [0, 0.1) is 0 Å². The second kappa shape index (κ2) is 8.59. The van der Waals surface area contributed by atoms with E-state index >= 15 is 0 Å². The topological polar surface area (TPSA) is 109 Å². The number of halogens is 1. The monoisotopic (exact) mass is 528 g/mol. The van der Waals surface area contributed by atoms with E-state index in [1.165, 1.54) is 4.90 Å². The summed E-state index contributed by atoms with van der Waals surface area (Å²) < 4.78 is 23.8. The number of hydrogen-bond donors (Lipinski definition) is 1. The summed E-state index contributed by atoms with van der Waals surface area (Å²) in [6.45, 7) is 5.89. The molecule has 5 rings (SSSR count). The van der Waals surface area contributed by atoms with E-state index in [9.17, 15) is 4.79 Å². The maximum Gasteiger partial charge on any atom is 0.411 e. The molecular formula is C24H25BrN4O5. The second-order valence-electron chi connectivity index (χ2n) is 9.23. The molecule has 0 radical (unpaired) electrons. The summed E-state index contributed by atoms with van der Waals surface area (Å²) in [6.07, 6.45) is -0.904. The van der Waals surface area contributed by atoms with Crippen LogP contribution >= 0.6 is 15.9 Å². The Kier molecular flexibility index (Phi) is 5.73. The van der Waals surface area contributed by atoms with Crippen molar-refractivity contribution in [2.24, 2.45) is 5.73 Å². The molecule has 3 aromatic rings. The Morgan fingerprint density at radius 2 is 2.03 bits per heavy atom. The second-order valence-corrected chi connectivity index (χ2v) is 10.1. The molecule has 3 heterocycles. The molecule has 34 heavy (non-hydrogen) atoms. The van der Waals surface area contributed by atoms with Gasteiger partial charge in [-0.3, -0.25) is 4.90 Å². The molecule has 1 aromatic heterocycles. The Hall–Kier alpha value is -3.11. The van der Waals surface area contributed by atoms with Crippen LogP contribution in [0.1, 0.15) is 27.2 Å². The highest BCUT2D eigenvalue weighted by molar-refractivity contribution is 9.10. The van der Waals surface area contributed by atoms with Crippen LogP contribution in [-0.4, -0.2) is 52.2 Å². The zero-order valence-electron chi connectivity index (χ0n) is 19.1. The van der Waals surface area contributed by atoms with Crippen LogP contribution in [0.25, 0.3) is 22.3 Å². The predicted molar refractivity (Wildman–Crippen MR) is 129 cm³/mol. The molecule has 1 saturated heterocycles. The number of hydrogen-bond acceptors (Lipinski definition) is 8. The number of ether oxygens (including phenoxy) is 4. The molecule has 2 N–H and O–H groups in total. The van der Waals surface area contributed by atoms with Crippen molar-refractivity contribution in [3.8, 4) is 28.6 Å². The van der Waals surface area contributed by atoms with Gasteiger partial charge < -0.3 is 24.7 Å². The number of carbonyl (C=O) groups is 1. The Morgan fingerprint density at radius 3 is 2.79 bits per heavy atom. The van der Waals surface area contributed by atoms with Gasteiger partial charge in [-0.2, -0.15) is 0 Å². The van der Waals surface area contributed by atoms with Gasteiger partial charge in [-0.15, -0.1) is 0 Å². The quantitative estimate of drug-likeness (QED) is 0.530. The van der Waals surface area contributed by atoms with Crippen LogP contribution in [0.3, 0.4) is 0 Å². The van der Waals surface area contributed by atoms with Crippen molar-refractivity contribution in [1.29, 1.82) is 0 Å². The number of aromatic nitrogens is 2. The molecule has 1 amide bonds. The third-order valence-electron chi connectivity index (χ3n) is 5.45. The maximum absolute atomic E-state index is 12.6. The first-order chi connectivity index (χ1) is 16.2. The van der Waals surface area contributed by atoms with Crippen LogP contribution in [0.4, 0.5) is 4.79 Å². The molecule has 9 nitrogen and oxygen atoms in total. The molecule has 2 aliphatic heterocycles. The van der Waals surface area contributed by atoms with Gasteiger partial charge in [0.1, 0.15) is 22.9 Å². The number of amides is 1. The van der Waals surface area contributed by atoms with Crippen LogP contribution in [-0.2, 0) is 4.74 Å². The van der Waals surface area contributed by atoms with Crippen LogP contribution in [0.15, 0.2) is 40.9 Å². The molecule has 10 heteroatoms. The first kappa shape index (κ1) is 22.7. The molecule has 2 aromatic carbocycles. The Balaban J connectivity index is 1.50. The summed E-state index contributed by atoms with van der Waals surface area (Å²) >= 11 is 3.52. The lowest BCUT2D eigenvalue weighted by Gasteiger charge is -2.26. The molecule has 1 unspecified atom stereocenters. The zero-order chi connectivity index (χ0) is 24.0. The summed E-state index contributed by atoms with van der Waals surface area (Å²) in [6, 6.07) is 11.3. The Labute approximate surface area is 205 Å². The average molecular weight is 529 g/mol. The van der Waals surface area contributed by atoms with Gasteiger partial charge in [-0.25, -0.2) is 14.8 Å². The van der Waals surface area contributed by atoms with Crippen molar-refractivity contribution in [3.63, 3.8) is 0 Å². The van der Waals surface area contributed by atoms with Gasteiger partial charge in [0.05, 0.1) is 18.2 Å². The first-order valence-corrected chi connectivity index (χ1v) is 11.8. The molecule has 0 spiro atoms. The minimum Gasteiger partial charge on any atom is -0.471 e. The summed E-state index contributed by atoms with van der Waals surface area (Å²) in [4.78, 5) is 23.7. The number of fused-ring (bicyclic) bond motifs is 3. The van der Waals surface area contributed by atoms with E-state index < -0.39 is 17.9 Å². The van der Waals surface area contributed by atoms with Crippen LogP contribution in [0.2, 0.25) is 0 Å². The van der Waals surface area contributed by atoms with E-state index in [0.717, 1.165) is 10.0 Å². The first-order valence-electron chi connectivity index (χ1n) is 11.0. The lowest BCUT2D eigenvalue weighted by molar-refractivity contribution is 0.0216. The molecule has 0 bridgehead atoms. The summed E-state index contributed by atoms with van der Waals surface area (Å²) in [5.74, 6) is 1.55. The van der Waals surface area contributed by atoms with Crippen molar-refractivity contribution in [3.05, 3.63) is 40.9 Å². The predicted octanol–water partition coefficient (Wildman–Crippen LogP) is 4.46. The van der Waals surface area contributed by atoms with Crippen LogP contribution in [0.5, 0.6) is 17.4 Å². The fourth-order valence-electron chi connectivity index (χ4n) is 3.97. The minimum atomic E-state index is -0.612. The molecular weight excluding hydrogens is 504 g/mol. The summed E-state index contributed by atoms with van der Waals surface area (Å²) in [5, 5.41) is 0. The van der Waals surface area contributed by atoms with Crippen molar-refractivity contribution in [2.75, 3.05) is 13.3 Å². The third-order valence-corrected chi connectivity index (χ3v) is 5.94. The molecule has 178 valence electrons. The number of rotatable bonds is 3. The van der Waals surface area contributed by atoms with Crippen molar-refractivity contribution >= 4 is 33.1 Å². The molecule has 2 aliphatic rings. The smallest absolute Gasteiger partial charge is 0.411 e. The van der Waals surface area contributed by atoms with Gasteiger partial charge in [0.15, 0.2) is 11.5 Å². The number of likely N-dealkylation sites (tertiary alicyclic amines) is 1. The fourth-order valence-corrected chi connectivity index (χ4v) is 4.37. The van der Waals surface area contributed by atoms with Gasteiger partial charge in [0.2, 0.25) is 12.7 Å². The fraction of sp³-hybridized carbons (Fsp3) is 0.375. The van der Waals surface area contributed by atoms with E-state index in [-0.39, 0.29) is 19.4 Å². The molecule has 1 fully saturated rings. The standard InChI is InChI=1S/C24H25BrN4O5/c1-24(2,3)34-23(30)29-11-15(10-18(29)26)33-22-19(13-5-4-6-14(25)9-13)28-20-16(27-22)7-8-17-21(20)32-12-31-17/h4-9,15,18H,10-12,26H2,1-3H3/t15-,18?/m1/s1. The van der Waals surface area contributed by atoms with Crippen molar-refractivity contribution < 1.29 is 23.7 Å². The van der Waals surface area contributed by atoms with Crippen molar-refractivity contribution in [1.82, 2.24) is 14.9 Å². The highest BCUT2D eigenvalue weighted by Crippen LogP contribution is 2.41. The SMILES string of the molecule is CC(C)(C)OC(=O)N1C[C@H](Oc2nc3ccc4c(c3nc2-c2cccc(Br)c2)OCO4)CC1N. The number of nitrogens with zero attached hydrogens (tertiary/aromatic N) is 3. The lowest BCUT2D eigenvalue weighted by Crippen LogP contribution is -2.44. The van der Waals surface area contributed by atoms with E-state index in [1.807, 2.05) is 51.1 Å². The van der Waals surface area contributed by atoms with Gasteiger partial charge in [0, 0.05) is 16.5 Å². The van der Waals surface area contributed by atoms with E-state index in [0.29, 0.717) is 40.5 Å². The highest BCUT2D eigenvalue weighted by atomic mass is 79.9. The number of carbonyl (C=O) groups excluding carboxylic acids is 1. The van der Waals surface area contributed by atoms with Gasteiger partial charge in [0.25, 0.3) is 0 Å². The average Bonchev–Trinajstić information content (AvgIpc) is 3.38. The Morgan fingerprint density at radius 1 is 1.21 bits per heavy atom. The van der Waals surface area contributed by atoms with E-state index in [2.05, 4.69) is 15.9 Å². The maximum atomic E-state index is 12.6. The van der Waals surface area contributed by atoms with Crippen molar-refractivity contribution in [2.45, 2.75) is 45.1 Å². The lowest BCUT2D eigenvalue weighted by atomic mass is 10.1. The van der Waals surface area contributed by atoms with Gasteiger partial charge in [-0.1, -0.05) is 28.1 Å². The van der Waals surface area contributed by atoms with Gasteiger partial charge >= 0.3 is 6.09 Å². The third kappa shape index (κ3) is 4.47. The van der Waals surface area contributed by atoms with E-state index in [1.54, 1.807) is 6.07 Å². The number of benzene rings is 2. The van der Waals surface area contributed by atoms with Gasteiger partial charge in [-0.05, 0) is 45.0 Å². The molecule has 0 saturated carbocycles. The zero-order valence-corrected chi connectivity index (χ0v) is 20.7. The largest absolute Gasteiger partial charge is 0.471 e. The summed E-state index contributed by atoms with van der Waals surface area (Å²) in [7, 11) is 0. The highest BCUT2D eigenvalue weighted by Gasteiger charge is 2.37.